The van der Waals surface area contributed by atoms with Crippen LogP contribution < -0.4 is 40.4 Å². The number of para-hydroxylation sites is 1. The summed E-state index contributed by atoms with van der Waals surface area (Å²) in [4.78, 5) is 22.9. The minimum absolute atomic E-state index is 0. The van der Waals surface area contributed by atoms with Gasteiger partial charge < -0.3 is 21.1 Å². The van der Waals surface area contributed by atoms with E-state index in [9.17, 15) is 14.7 Å². The average molecular weight is 381 g/mol. The summed E-state index contributed by atoms with van der Waals surface area (Å²) in [7, 11) is 0. The van der Waals surface area contributed by atoms with Gasteiger partial charge in [-0.25, -0.2) is 0 Å². The van der Waals surface area contributed by atoms with Crippen LogP contribution >= 0.6 is 11.3 Å². The molecule has 0 atom stereocenters. The van der Waals surface area contributed by atoms with Crippen LogP contribution in [0.1, 0.15) is 21.5 Å². The van der Waals surface area contributed by atoms with Crippen molar-refractivity contribution in [3.05, 3.63) is 76.2 Å². The topological polar surface area (TPSA) is 140 Å². The number of nitrogen functional groups attached to an aromatic ring is 1. The number of carbonyl (C=O) groups excluding carboxylic acids is 2. The molecule has 0 unspecified atom stereocenters. The Hall–Kier alpha value is -2.10. The number of ketones is 1. The van der Waals surface area contributed by atoms with E-state index in [2.05, 4.69) is 10.2 Å². The summed E-state index contributed by atoms with van der Waals surface area (Å²) < 4.78 is 0. The maximum atomic E-state index is 12.3. The molecule has 9 heteroatoms. The standard InChI is InChI=1S/C15H13NO3.C2H2N2S.Na.H2O/c16-14-11(9-13(17)18)7-4-8-12(14)15(19)10-5-2-1-3-6-10;1-3-4-2-5-1;;/h1-8H,9,16H2,(H,17,18);1-2H;;1H2/q;;+1;/p-1. The molecule has 1 aromatic heterocycles. The van der Waals surface area contributed by atoms with Crippen LogP contribution in [0.3, 0.4) is 0 Å². The minimum Gasteiger partial charge on any atom is -0.550 e. The van der Waals surface area contributed by atoms with Crippen LogP contribution in [0.15, 0.2) is 59.6 Å². The molecule has 3 rings (SSSR count). The second-order valence-corrected chi connectivity index (χ2v) is 5.39. The number of aromatic nitrogens is 2. The zero-order chi connectivity index (χ0) is 17.4. The number of carboxylic acids is 1. The molecule has 0 aliphatic rings. The number of hydrogen-bond acceptors (Lipinski definition) is 7. The molecular weight excluding hydrogens is 365 g/mol. The van der Waals surface area contributed by atoms with E-state index >= 15 is 0 Å². The summed E-state index contributed by atoms with van der Waals surface area (Å²) >= 11 is 1.49. The molecule has 0 spiro atoms. The normalized spacial score (nSPS) is 8.92. The SMILES string of the molecule is Nc1c(CC(=O)[O-])cccc1C(=O)c1ccccc1.O.[Na+].c1nncs1. The second-order valence-electron chi connectivity index (χ2n) is 4.70. The van der Waals surface area contributed by atoms with Crippen LogP contribution in [0.25, 0.3) is 0 Å². The van der Waals surface area contributed by atoms with Crippen molar-refractivity contribution in [2.45, 2.75) is 6.42 Å². The molecular formula is C17H16N3NaO4S. The Bertz CT molecular complexity index is 797. The van der Waals surface area contributed by atoms with E-state index in [1.54, 1.807) is 53.5 Å². The number of anilines is 1. The Kier molecular flexibility index (Phi) is 11.3. The third-order valence-electron chi connectivity index (χ3n) is 3.09. The number of rotatable bonds is 4. The summed E-state index contributed by atoms with van der Waals surface area (Å²) in [6.07, 6.45) is -0.304. The van der Waals surface area contributed by atoms with E-state index in [0.29, 0.717) is 16.7 Å². The number of carboxylic acid groups (broad SMARTS) is 1. The van der Waals surface area contributed by atoms with E-state index in [0.717, 1.165) is 0 Å². The molecule has 0 aliphatic carbocycles. The van der Waals surface area contributed by atoms with Gasteiger partial charge in [0.2, 0.25) is 0 Å². The smallest absolute Gasteiger partial charge is 0.550 e. The zero-order valence-corrected chi connectivity index (χ0v) is 16.9. The van der Waals surface area contributed by atoms with Crippen molar-refractivity contribution in [3.63, 3.8) is 0 Å². The number of nitrogens with zero attached hydrogens (tertiary/aromatic N) is 2. The molecule has 0 saturated heterocycles. The number of hydrogen-bond donors (Lipinski definition) is 1. The Balaban J connectivity index is 0.000000774. The maximum absolute atomic E-state index is 12.3. The van der Waals surface area contributed by atoms with Gasteiger partial charge in [0.1, 0.15) is 11.0 Å². The molecule has 3 aromatic rings. The van der Waals surface area contributed by atoms with Gasteiger partial charge >= 0.3 is 29.6 Å². The molecule has 0 radical (unpaired) electrons. The number of carbonyl (C=O) groups is 2. The van der Waals surface area contributed by atoms with Gasteiger partial charge in [0.05, 0.1) is 0 Å². The first-order valence-corrected chi connectivity index (χ1v) is 7.89. The van der Waals surface area contributed by atoms with Gasteiger partial charge in [0.15, 0.2) is 5.78 Å². The summed E-state index contributed by atoms with van der Waals surface area (Å²) in [5, 5.41) is 17.6. The van der Waals surface area contributed by atoms with E-state index in [-0.39, 0.29) is 52.9 Å². The summed E-state index contributed by atoms with van der Waals surface area (Å²) in [5.41, 5.74) is 10.6. The monoisotopic (exact) mass is 381 g/mol. The molecule has 0 fully saturated rings. The average Bonchev–Trinajstić information content (AvgIpc) is 3.16. The first-order chi connectivity index (χ1) is 11.6. The number of aliphatic carboxylic acids is 1. The Morgan fingerprint density at radius 1 is 1.00 bits per heavy atom. The molecule has 0 saturated carbocycles. The summed E-state index contributed by atoms with van der Waals surface area (Å²) in [6.45, 7) is 0. The molecule has 0 aliphatic heterocycles. The van der Waals surface area contributed by atoms with Gasteiger partial charge in [-0.2, -0.15) is 0 Å². The Morgan fingerprint density at radius 2 is 1.62 bits per heavy atom. The van der Waals surface area contributed by atoms with Gasteiger partial charge in [-0.1, -0.05) is 42.5 Å². The van der Waals surface area contributed by atoms with Crippen LogP contribution in [0.4, 0.5) is 5.69 Å². The van der Waals surface area contributed by atoms with Gasteiger partial charge in [-0.05, 0) is 11.6 Å². The van der Waals surface area contributed by atoms with E-state index in [4.69, 9.17) is 5.73 Å². The van der Waals surface area contributed by atoms with Crippen molar-refractivity contribution in [3.8, 4) is 0 Å². The summed E-state index contributed by atoms with van der Waals surface area (Å²) in [6, 6.07) is 13.5. The van der Waals surface area contributed by atoms with Crippen molar-refractivity contribution in [2.75, 3.05) is 5.73 Å². The van der Waals surface area contributed by atoms with Crippen LogP contribution in [-0.4, -0.2) is 27.4 Å². The summed E-state index contributed by atoms with van der Waals surface area (Å²) in [5.74, 6) is -1.45. The van der Waals surface area contributed by atoms with Crippen molar-refractivity contribution in [1.82, 2.24) is 10.2 Å². The number of nitrogens with two attached hydrogens (primary N) is 1. The van der Waals surface area contributed by atoms with E-state index < -0.39 is 5.97 Å². The number of benzene rings is 2. The fraction of sp³-hybridized carbons (Fsp3) is 0.0588. The first kappa shape index (κ1) is 23.9. The van der Waals surface area contributed by atoms with Gasteiger partial charge in [0.25, 0.3) is 0 Å². The molecule has 0 amide bonds. The van der Waals surface area contributed by atoms with Crippen LogP contribution in [-0.2, 0) is 11.2 Å². The Morgan fingerprint density at radius 3 is 2.12 bits per heavy atom. The van der Waals surface area contributed by atoms with Crippen LogP contribution in [0.5, 0.6) is 0 Å². The van der Waals surface area contributed by atoms with Crippen molar-refractivity contribution < 1.29 is 49.7 Å². The third kappa shape index (κ3) is 7.03. The van der Waals surface area contributed by atoms with Gasteiger partial charge in [-0.3, -0.25) is 4.79 Å². The first-order valence-electron chi connectivity index (χ1n) is 6.95. The van der Waals surface area contributed by atoms with Crippen molar-refractivity contribution in [1.29, 1.82) is 0 Å². The maximum Gasteiger partial charge on any atom is 1.00 e. The van der Waals surface area contributed by atoms with E-state index in [1.165, 1.54) is 11.3 Å². The molecule has 1 heterocycles. The van der Waals surface area contributed by atoms with E-state index in [1.807, 2.05) is 6.07 Å². The zero-order valence-electron chi connectivity index (χ0n) is 14.1. The predicted molar refractivity (Wildman–Crippen MR) is 93.0 cm³/mol. The van der Waals surface area contributed by atoms with Gasteiger partial charge in [0, 0.05) is 29.2 Å². The largest absolute Gasteiger partial charge is 1.00 e. The molecule has 4 N–H and O–H groups in total. The molecule has 130 valence electrons. The van der Waals surface area contributed by atoms with Crippen LogP contribution in [0, 0.1) is 0 Å². The fourth-order valence-electron chi connectivity index (χ4n) is 2.00. The van der Waals surface area contributed by atoms with Crippen LogP contribution in [0.2, 0.25) is 0 Å². The fourth-order valence-corrected chi connectivity index (χ4v) is 2.27. The molecule has 2 aromatic carbocycles. The quantitative estimate of drug-likeness (QED) is 0.301. The molecule has 7 nitrogen and oxygen atoms in total. The second kappa shape index (κ2) is 12.3. The van der Waals surface area contributed by atoms with Crippen molar-refractivity contribution in [2.24, 2.45) is 0 Å². The predicted octanol–water partition coefficient (Wildman–Crippen LogP) is -2.49. The minimum atomic E-state index is -1.23. The molecule has 0 bridgehead atoms. The third-order valence-corrected chi connectivity index (χ3v) is 3.53. The molecule has 26 heavy (non-hydrogen) atoms. The van der Waals surface area contributed by atoms with Crippen molar-refractivity contribution >= 4 is 28.8 Å². The van der Waals surface area contributed by atoms with Gasteiger partial charge in [-0.15, -0.1) is 21.5 Å². The Labute approximate surface area is 176 Å².